The third-order valence-corrected chi connectivity index (χ3v) is 5.64. The Labute approximate surface area is 135 Å². The molecule has 0 radical (unpaired) electrons. The van der Waals surface area contributed by atoms with Crippen LogP contribution in [0.1, 0.15) is 11.3 Å². The summed E-state index contributed by atoms with van der Waals surface area (Å²) < 4.78 is 8.49. The number of nitrogens with zero attached hydrogens (tertiary/aromatic N) is 3. The second-order valence-corrected chi connectivity index (χ2v) is 7.06. The maximum atomic E-state index is 5.73. The van der Waals surface area contributed by atoms with Crippen molar-refractivity contribution in [2.75, 3.05) is 0 Å². The minimum absolute atomic E-state index is 0.541. The molecule has 1 aromatic carbocycles. The molecule has 0 aliphatic heterocycles. The predicted molar refractivity (Wildman–Crippen MR) is 88.2 cm³/mol. The number of hydrogen-bond acceptors (Lipinski definition) is 6. The Hall–Kier alpha value is -1.44. The average molecular weight is 335 g/mol. The fraction of sp³-hybridized carbons (Fsp3) is 0.214. The molecule has 0 spiro atoms. The minimum atomic E-state index is 0.541. The molecule has 3 rings (SSSR count). The highest BCUT2D eigenvalue weighted by atomic mass is 32.2. The van der Waals surface area contributed by atoms with Crippen molar-refractivity contribution in [3.63, 3.8) is 0 Å². The van der Waals surface area contributed by atoms with E-state index in [9.17, 15) is 0 Å². The summed E-state index contributed by atoms with van der Waals surface area (Å²) >= 11 is 8.30. The largest absolute Gasteiger partial charge is 0.410 e. The molecule has 0 saturated heterocycles. The average Bonchev–Trinajstić information content (AvgIpc) is 3.07. The van der Waals surface area contributed by atoms with Gasteiger partial charge in [0.25, 0.3) is 11.1 Å². The Kier molecular flexibility index (Phi) is 4.23. The summed E-state index contributed by atoms with van der Waals surface area (Å²) in [5.74, 6) is 1.35. The van der Waals surface area contributed by atoms with E-state index in [1.165, 1.54) is 28.7 Å². The zero-order valence-corrected chi connectivity index (χ0v) is 14.0. The molecule has 21 heavy (non-hydrogen) atoms. The summed E-state index contributed by atoms with van der Waals surface area (Å²) in [7, 11) is 1.94. The Morgan fingerprint density at radius 2 is 2.05 bits per heavy atom. The van der Waals surface area contributed by atoms with E-state index in [1.54, 1.807) is 0 Å². The van der Waals surface area contributed by atoms with E-state index in [-0.39, 0.29) is 0 Å². The van der Waals surface area contributed by atoms with Gasteiger partial charge in [0, 0.05) is 18.5 Å². The first-order valence-electron chi connectivity index (χ1n) is 6.32. The second kappa shape index (κ2) is 6.13. The summed E-state index contributed by atoms with van der Waals surface area (Å²) in [6.45, 7) is 2.00. The molecular weight excluding hydrogens is 322 g/mol. The molecule has 0 atom stereocenters. The molecule has 0 fully saturated rings. The van der Waals surface area contributed by atoms with Gasteiger partial charge in [-0.05, 0) is 24.7 Å². The molecule has 2 aromatic heterocycles. The summed E-state index contributed by atoms with van der Waals surface area (Å²) in [4.78, 5) is 0.946. The first-order valence-corrected chi connectivity index (χ1v) is 8.53. The van der Waals surface area contributed by atoms with Crippen LogP contribution in [0.25, 0.3) is 10.8 Å². The van der Waals surface area contributed by atoms with Crippen LogP contribution in [-0.4, -0.2) is 14.8 Å². The van der Waals surface area contributed by atoms with Gasteiger partial charge in [-0.15, -0.1) is 10.2 Å². The van der Waals surface area contributed by atoms with Crippen LogP contribution in [0.2, 0.25) is 0 Å². The summed E-state index contributed by atoms with van der Waals surface area (Å²) in [5, 5.41) is 8.80. The maximum absolute atomic E-state index is 5.73. The van der Waals surface area contributed by atoms with E-state index in [2.05, 4.69) is 22.3 Å². The SMILES string of the molecule is Cc1c(-c2nnc(SCc3ccccc3)o2)sc(=S)n1C. The zero-order valence-electron chi connectivity index (χ0n) is 11.6. The topological polar surface area (TPSA) is 43.9 Å². The van der Waals surface area contributed by atoms with Crippen LogP contribution in [0, 0.1) is 10.9 Å². The van der Waals surface area contributed by atoms with E-state index in [4.69, 9.17) is 16.6 Å². The van der Waals surface area contributed by atoms with Crippen molar-refractivity contribution in [2.24, 2.45) is 7.05 Å². The van der Waals surface area contributed by atoms with Gasteiger partial charge in [0.15, 0.2) is 3.95 Å². The van der Waals surface area contributed by atoms with E-state index in [0.717, 1.165) is 20.3 Å². The summed E-state index contributed by atoms with van der Waals surface area (Å²) in [5.41, 5.74) is 2.28. The fourth-order valence-electron chi connectivity index (χ4n) is 1.80. The second-order valence-electron chi connectivity index (χ2n) is 4.49. The van der Waals surface area contributed by atoms with Crippen LogP contribution in [-0.2, 0) is 12.8 Å². The summed E-state index contributed by atoms with van der Waals surface area (Å²) in [6.07, 6.45) is 0. The normalized spacial score (nSPS) is 11.0. The van der Waals surface area contributed by atoms with Gasteiger partial charge in [0.05, 0.1) is 0 Å². The molecule has 0 N–H and O–H groups in total. The quantitative estimate of drug-likeness (QED) is 0.520. The first kappa shape index (κ1) is 14.5. The fourth-order valence-corrected chi connectivity index (χ4v) is 3.81. The highest BCUT2D eigenvalue weighted by Gasteiger charge is 2.15. The lowest BCUT2D eigenvalue weighted by molar-refractivity contribution is 0.466. The van der Waals surface area contributed by atoms with E-state index in [1.807, 2.05) is 36.7 Å². The van der Waals surface area contributed by atoms with Crippen LogP contribution >= 0.6 is 35.3 Å². The van der Waals surface area contributed by atoms with Crippen molar-refractivity contribution >= 4 is 35.3 Å². The summed E-state index contributed by atoms with van der Waals surface area (Å²) in [6, 6.07) is 10.2. The first-order chi connectivity index (χ1) is 10.1. The maximum Gasteiger partial charge on any atom is 0.277 e. The van der Waals surface area contributed by atoms with Gasteiger partial charge >= 0.3 is 0 Å². The number of thiazole rings is 1. The molecule has 0 amide bonds. The lowest BCUT2D eigenvalue weighted by atomic mass is 10.2. The lowest BCUT2D eigenvalue weighted by Crippen LogP contribution is -1.90. The van der Waals surface area contributed by atoms with Crippen LogP contribution in [0.4, 0.5) is 0 Å². The number of aromatic nitrogens is 3. The van der Waals surface area contributed by atoms with Crippen molar-refractivity contribution in [3.05, 3.63) is 45.5 Å². The van der Waals surface area contributed by atoms with Gasteiger partial charge in [-0.2, -0.15) is 0 Å². The molecule has 7 heteroatoms. The Balaban J connectivity index is 1.77. The van der Waals surface area contributed by atoms with Gasteiger partial charge in [-0.3, -0.25) is 0 Å². The monoisotopic (exact) mass is 335 g/mol. The van der Waals surface area contributed by atoms with Gasteiger partial charge in [0.1, 0.15) is 4.88 Å². The van der Waals surface area contributed by atoms with Crippen LogP contribution < -0.4 is 0 Å². The highest BCUT2D eigenvalue weighted by Crippen LogP contribution is 2.31. The molecule has 3 aromatic rings. The molecule has 2 heterocycles. The van der Waals surface area contributed by atoms with Gasteiger partial charge < -0.3 is 8.98 Å². The standard InChI is InChI=1S/C14H13N3OS3/c1-9-11(21-14(19)17(9)2)12-15-16-13(18-12)20-8-10-6-4-3-5-7-10/h3-7H,8H2,1-2H3. The Morgan fingerprint density at radius 3 is 2.71 bits per heavy atom. The zero-order chi connectivity index (χ0) is 14.8. The number of hydrogen-bond donors (Lipinski definition) is 0. The van der Waals surface area contributed by atoms with Crippen molar-refractivity contribution in [1.29, 1.82) is 0 Å². The van der Waals surface area contributed by atoms with Crippen LogP contribution in [0.5, 0.6) is 0 Å². The van der Waals surface area contributed by atoms with Crippen molar-refractivity contribution in [3.8, 4) is 10.8 Å². The Bertz CT molecular complexity index is 804. The third-order valence-electron chi connectivity index (χ3n) is 3.10. The van der Waals surface area contributed by atoms with Crippen molar-refractivity contribution < 1.29 is 4.42 Å². The van der Waals surface area contributed by atoms with E-state index >= 15 is 0 Å². The lowest BCUT2D eigenvalue weighted by Gasteiger charge is -1.97. The number of rotatable bonds is 4. The van der Waals surface area contributed by atoms with Gasteiger partial charge in [0.2, 0.25) is 0 Å². The number of thioether (sulfide) groups is 1. The highest BCUT2D eigenvalue weighted by molar-refractivity contribution is 7.98. The molecule has 4 nitrogen and oxygen atoms in total. The molecule has 0 saturated carbocycles. The third kappa shape index (κ3) is 3.09. The smallest absolute Gasteiger partial charge is 0.277 e. The molecule has 108 valence electrons. The van der Waals surface area contributed by atoms with E-state index in [0.29, 0.717) is 11.1 Å². The molecule has 0 bridgehead atoms. The van der Waals surface area contributed by atoms with Crippen molar-refractivity contribution in [1.82, 2.24) is 14.8 Å². The van der Waals surface area contributed by atoms with Crippen molar-refractivity contribution in [2.45, 2.75) is 17.9 Å². The van der Waals surface area contributed by atoms with Gasteiger partial charge in [-0.25, -0.2) is 0 Å². The minimum Gasteiger partial charge on any atom is -0.410 e. The number of benzene rings is 1. The van der Waals surface area contributed by atoms with Gasteiger partial charge in [-0.1, -0.05) is 53.4 Å². The molecule has 0 unspecified atom stereocenters. The predicted octanol–water partition coefficient (Wildman–Crippen LogP) is 4.47. The molecule has 0 aliphatic rings. The molecular formula is C14H13N3OS3. The van der Waals surface area contributed by atoms with Crippen LogP contribution in [0.15, 0.2) is 40.0 Å². The molecule has 0 aliphatic carbocycles. The Morgan fingerprint density at radius 1 is 1.29 bits per heavy atom. The van der Waals surface area contributed by atoms with E-state index < -0.39 is 0 Å². The van der Waals surface area contributed by atoms with Crippen LogP contribution in [0.3, 0.4) is 0 Å².